The number of nitrogens with zero attached hydrogens (tertiary/aromatic N) is 3. The van der Waals surface area contributed by atoms with Gasteiger partial charge in [0.2, 0.25) is 0 Å². The van der Waals surface area contributed by atoms with E-state index in [1.165, 1.54) is 0 Å². The Bertz CT molecular complexity index is 1060. The van der Waals surface area contributed by atoms with Crippen molar-refractivity contribution in [1.82, 2.24) is 15.1 Å². The highest BCUT2D eigenvalue weighted by Gasteiger charge is 2.23. The Morgan fingerprint density at radius 3 is 2.70 bits per heavy atom. The minimum Gasteiger partial charge on any atom is -0.462 e. The normalized spacial score (nSPS) is 20.7. The van der Waals surface area contributed by atoms with Crippen molar-refractivity contribution in [2.45, 2.75) is 51.7 Å². The second kappa shape index (κ2) is 10.9. The topological polar surface area (TPSA) is 68.5 Å². The van der Waals surface area contributed by atoms with Crippen LogP contribution in [0.15, 0.2) is 83.3 Å². The fourth-order valence-corrected chi connectivity index (χ4v) is 4.28. The van der Waals surface area contributed by atoms with Crippen LogP contribution in [-0.2, 0) is 9.53 Å². The first-order valence-corrected chi connectivity index (χ1v) is 11.8. The van der Waals surface area contributed by atoms with Gasteiger partial charge in [-0.1, -0.05) is 68.0 Å². The van der Waals surface area contributed by atoms with Crippen molar-refractivity contribution >= 4 is 12.2 Å². The molecule has 0 saturated carbocycles. The lowest BCUT2D eigenvalue weighted by Crippen LogP contribution is -2.36. The van der Waals surface area contributed by atoms with E-state index in [0.717, 1.165) is 42.5 Å². The van der Waals surface area contributed by atoms with E-state index in [1.807, 2.05) is 54.4 Å². The molecule has 6 heteroatoms. The Kier molecular flexibility index (Phi) is 7.55. The Balaban J connectivity index is 1.35. The minimum absolute atomic E-state index is 0.0257. The molecule has 4 rings (SSSR count). The largest absolute Gasteiger partial charge is 0.462 e. The van der Waals surface area contributed by atoms with Crippen molar-refractivity contribution in [3.05, 3.63) is 78.3 Å². The molecule has 2 heterocycles. The fourth-order valence-electron chi connectivity index (χ4n) is 4.28. The summed E-state index contributed by atoms with van der Waals surface area (Å²) in [4.78, 5) is 16.7. The lowest BCUT2D eigenvalue weighted by atomic mass is 9.87. The van der Waals surface area contributed by atoms with E-state index in [4.69, 9.17) is 9.73 Å². The van der Waals surface area contributed by atoms with Crippen molar-refractivity contribution in [2.75, 3.05) is 6.61 Å². The lowest BCUT2D eigenvalue weighted by molar-refractivity contribution is -0.138. The molecular formula is C27H32N4O2. The average molecular weight is 445 g/mol. The van der Waals surface area contributed by atoms with E-state index in [1.54, 1.807) is 0 Å². The zero-order valence-corrected chi connectivity index (χ0v) is 19.4. The number of nitrogens with one attached hydrogen (secondary N) is 1. The van der Waals surface area contributed by atoms with Crippen LogP contribution >= 0.6 is 0 Å². The van der Waals surface area contributed by atoms with Crippen LogP contribution in [0.25, 0.3) is 11.1 Å². The maximum atomic E-state index is 12.0. The van der Waals surface area contributed by atoms with E-state index in [-0.39, 0.29) is 18.2 Å². The van der Waals surface area contributed by atoms with Gasteiger partial charge in [-0.2, -0.15) is 5.10 Å². The number of hydrogen-bond donors (Lipinski definition) is 1. The highest BCUT2D eigenvalue weighted by molar-refractivity contribution is 5.91. The first kappa shape index (κ1) is 22.8. The summed E-state index contributed by atoms with van der Waals surface area (Å²) in [6.45, 7) is 4.42. The number of hydrogen-bond acceptors (Lipinski definition) is 5. The van der Waals surface area contributed by atoms with E-state index in [9.17, 15) is 4.79 Å². The number of benzene rings is 1. The quantitative estimate of drug-likeness (QED) is 0.538. The van der Waals surface area contributed by atoms with Crippen LogP contribution in [0.2, 0.25) is 0 Å². The van der Waals surface area contributed by atoms with Crippen molar-refractivity contribution in [3.63, 3.8) is 0 Å². The molecule has 3 atom stereocenters. The van der Waals surface area contributed by atoms with Gasteiger partial charge in [-0.3, -0.25) is 4.99 Å². The van der Waals surface area contributed by atoms with Crippen molar-refractivity contribution in [2.24, 2.45) is 10.9 Å². The van der Waals surface area contributed by atoms with Gasteiger partial charge in [0.1, 0.15) is 6.17 Å². The number of dihydropyridines is 1. The number of allylic oxidation sites excluding steroid dienone is 2. The predicted molar refractivity (Wildman–Crippen MR) is 132 cm³/mol. The number of esters is 1. The minimum atomic E-state index is -0.241. The maximum absolute atomic E-state index is 12.0. The zero-order valence-electron chi connectivity index (χ0n) is 19.4. The Morgan fingerprint density at radius 2 is 2.03 bits per heavy atom. The average Bonchev–Trinajstić information content (AvgIpc) is 3.35. The Hall–Kier alpha value is -3.41. The zero-order chi connectivity index (χ0) is 23.0. The number of aliphatic imine (C=N–C) groups is 1. The predicted octanol–water partition coefficient (Wildman–Crippen LogP) is 5.23. The van der Waals surface area contributed by atoms with Gasteiger partial charge in [0, 0.05) is 42.1 Å². The molecule has 0 fully saturated rings. The van der Waals surface area contributed by atoms with Gasteiger partial charge in [-0.15, -0.1) is 0 Å². The van der Waals surface area contributed by atoms with Crippen LogP contribution in [0.3, 0.4) is 0 Å². The molecule has 2 aliphatic rings. The van der Waals surface area contributed by atoms with Gasteiger partial charge >= 0.3 is 5.97 Å². The van der Waals surface area contributed by atoms with Gasteiger partial charge in [-0.25, -0.2) is 9.48 Å². The van der Waals surface area contributed by atoms with Gasteiger partial charge in [0.25, 0.3) is 0 Å². The summed E-state index contributed by atoms with van der Waals surface area (Å²) in [7, 11) is 0. The first-order valence-electron chi connectivity index (χ1n) is 11.8. The number of rotatable bonds is 9. The van der Waals surface area contributed by atoms with Gasteiger partial charge in [0.15, 0.2) is 0 Å². The summed E-state index contributed by atoms with van der Waals surface area (Å²) in [6, 6.07) is 10.6. The molecule has 1 N–H and O–H groups in total. The molecule has 3 unspecified atom stereocenters. The molecule has 1 aromatic heterocycles. The molecule has 33 heavy (non-hydrogen) atoms. The molecule has 172 valence electrons. The van der Waals surface area contributed by atoms with Gasteiger partial charge < -0.3 is 10.1 Å². The highest BCUT2D eigenvalue weighted by atomic mass is 16.5. The van der Waals surface area contributed by atoms with Crippen molar-refractivity contribution in [1.29, 1.82) is 0 Å². The molecule has 0 amide bonds. The molecule has 1 aliphatic carbocycles. The number of carbonyl (C=O) groups excluding carboxylic acids is 1. The second-order valence-corrected chi connectivity index (χ2v) is 8.41. The second-order valence-electron chi connectivity index (χ2n) is 8.41. The molecular weight excluding hydrogens is 412 g/mol. The third-order valence-corrected chi connectivity index (χ3v) is 6.06. The van der Waals surface area contributed by atoms with E-state index >= 15 is 0 Å². The highest BCUT2D eigenvalue weighted by Crippen LogP contribution is 2.26. The summed E-state index contributed by atoms with van der Waals surface area (Å²) >= 11 is 0. The van der Waals surface area contributed by atoms with Crippen molar-refractivity contribution in [3.8, 4) is 11.1 Å². The fraction of sp³-hybridized carbons (Fsp3) is 0.370. The molecule has 2 aromatic rings. The van der Waals surface area contributed by atoms with Crippen LogP contribution in [0, 0.1) is 5.92 Å². The number of aromatic nitrogens is 2. The van der Waals surface area contributed by atoms with E-state index in [0.29, 0.717) is 18.1 Å². The Labute approximate surface area is 195 Å². The monoisotopic (exact) mass is 444 g/mol. The maximum Gasteiger partial charge on any atom is 0.337 e. The number of carbonyl (C=O) groups is 1. The standard InChI is InChI=1S/C27H32N4O2/c1-3-8-25(21-11-13-22(14-12-21)27(32)33-4-2)30-24-15-16-26(28-18-24)31-19-23(17-29-31)20-9-6-5-7-10-20/h5-7,9-11,13-15,17-19,21,25-26,30H,3-4,8,12,16H2,1-2H3. The number of ether oxygens (including phenoxy) is 1. The van der Waals surface area contributed by atoms with Crippen LogP contribution in [0.4, 0.5) is 0 Å². The summed E-state index contributed by atoms with van der Waals surface area (Å²) in [5.41, 5.74) is 3.96. The SMILES string of the molecule is CCCC(NC1=CCC(n2cc(-c3ccccc3)cn2)N=C1)C1C=CC(C(=O)OCC)=CC1. The summed E-state index contributed by atoms with van der Waals surface area (Å²) in [6.07, 6.45) is 17.8. The summed E-state index contributed by atoms with van der Waals surface area (Å²) < 4.78 is 7.04. The molecule has 0 bridgehead atoms. The summed E-state index contributed by atoms with van der Waals surface area (Å²) in [5.74, 6) is 0.0871. The molecule has 1 aliphatic heterocycles. The van der Waals surface area contributed by atoms with Gasteiger partial charge in [0.05, 0.1) is 18.4 Å². The molecule has 0 saturated heterocycles. The summed E-state index contributed by atoms with van der Waals surface area (Å²) in [5, 5.41) is 8.22. The third-order valence-electron chi connectivity index (χ3n) is 6.06. The molecule has 6 nitrogen and oxygen atoms in total. The van der Waals surface area contributed by atoms with Crippen LogP contribution in [-0.4, -0.2) is 34.6 Å². The lowest BCUT2D eigenvalue weighted by Gasteiger charge is -2.29. The molecule has 0 spiro atoms. The van der Waals surface area contributed by atoms with Gasteiger partial charge in [-0.05, 0) is 25.3 Å². The smallest absolute Gasteiger partial charge is 0.337 e. The van der Waals surface area contributed by atoms with E-state index in [2.05, 4.69) is 47.8 Å². The van der Waals surface area contributed by atoms with Crippen LogP contribution < -0.4 is 5.32 Å². The molecule has 1 aromatic carbocycles. The Morgan fingerprint density at radius 1 is 1.18 bits per heavy atom. The van der Waals surface area contributed by atoms with Crippen LogP contribution in [0.1, 0.15) is 45.7 Å². The van der Waals surface area contributed by atoms with E-state index < -0.39 is 0 Å². The molecule has 0 radical (unpaired) electrons. The first-order chi connectivity index (χ1) is 16.2. The van der Waals surface area contributed by atoms with Crippen LogP contribution in [0.5, 0.6) is 0 Å². The third kappa shape index (κ3) is 5.69. The van der Waals surface area contributed by atoms with Crippen molar-refractivity contribution < 1.29 is 9.53 Å².